The van der Waals surface area contributed by atoms with Crippen molar-refractivity contribution in [1.29, 1.82) is 0 Å². The lowest BCUT2D eigenvalue weighted by Crippen LogP contribution is -2.36. The number of fused-ring (bicyclic) bond motifs is 2. The number of anilines is 1. The van der Waals surface area contributed by atoms with Gasteiger partial charge in [-0.25, -0.2) is 4.98 Å². The SMILES string of the molecule is COc1cccc(C(=O)N(CCN(C)C)c2nc3cc4c(cc3s2)OCO4)c1.Cl. The number of nitrogens with zero attached hydrogens (tertiary/aromatic N) is 3. The van der Waals surface area contributed by atoms with Gasteiger partial charge in [0.05, 0.1) is 17.3 Å². The maximum Gasteiger partial charge on any atom is 0.260 e. The summed E-state index contributed by atoms with van der Waals surface area (Å²) in [5.41, 5.74) is 1.35. The van der Waals surface area contributed by atoms with E-state index in [4.69, 9.17) is 19.2 Å². The van der Waals surface area contributed by atoms with Crippen LogP contribution in [-0.4, -0.2) is 56.9 Å². The molecular formula is C20H22ClN3O4S. The number of benzene rings is 2. The maximum absolute atomic E-state index is 13.3. The van der Waals surface area contributed by atoms with Gasteiger partial charge in [-0.15, -0.1) is 12.4 Å². The second-order valence-electron chi connectivity index (χ2n) is 6.66. The Hall–Kier alpha value is -2.55. The predicted octanol–water partition coefficient (Wildman–Crippen LogP) is 3.66. The summed E-state index contributed by atoms with van der Waals surface area (Å²) in [5, 5.41) is 0.647. The Labute approximate surface area is 179 Å². The summed E-state index contributed by atoms with van der Waals surface area (Å²) in [6, 6.07) is 10.9. The summed E-state index contributed by atoms with van der Waals surface area (Å²) in [7, 11) is 5.54. The fourth-order valence-corrected chi connectivity index (χ4v) is 3.92. The molecule has 1 aliphatic heterocycles. The second-order valence-corrected chi connectivity index (χ2v) is 7.67. The highest BCUT2D eigenvalue weighted by Gasteiger charge is 2.23. The van der Waals surface area contributed by atoms with Crippen molar-refractivity contribution in [2.24, 2.45) is 0 Å². The molecule has 0 spiro atoms. The molecule has 3 aromatic rings. The molecule has 7 nitrogen and oxygen atoms in total. The predicted molar refractivity (Wildman–Crippen MR) is 116 cm³/mol. The first kappa shape index (κ1) is 21.2. The van der Waals surface area contributed by atoms with E-state index in [1.807, 2.05) is 43.3 Å². The summed E-state index contributed by atoms with van der Waals surface area (Å²) in [6.07, 6.45) is 0. The smallest absolute Gasteiger partial charge is 0.260 e. The molecule has 0 N–H and O–H groups in total. The second kappa shape index (κ2) is 8.86. The van der Waals surface area contributed by atoms with Crippen LogP contribution in [0.2, 0.25) is 0 Å². The Bertz CT molecular complexity index is 983. The van der Waals surface area contributed by atoms with E-state index < -0.39 is 0 Å². The summed E-state index contributed by atoms with van der Waals surface area (Å²) >= 11 is 1.46. The molecule has 4 rings (SSSR count). The van der Waals surface area contributed by atoms with Crippen LogP contribution in [0.3, 0.4) is 0 Å². The lowest BCUT2D eigenvalue weighted by atomic mass is 10.2. The molecular weight excluding hydrogens is 414 g/mol. The van der Waals surface area contributed by atoms with E-state index in [0.29, 0.717) is 41.0 Å². The molecule has 154 valence electrons. The van der Waals surface area contributed by atoms with Gasteiger partial charge in [-0.3, -0.25) is 9.69 Å². The molecule has 0 radical (unpaired) electrons. The molecule has 1 aromatic heterocycles. The first-order valence-corrected chi connectivity index (χ1v) is 9.67. The largest absolute Gasteiger partial charge is 0.497 e. The number of rotatable bonds is 6. The average molecular weight is 436 g/mol. The van der Waals surface area contributed by atoms with Gasteiger partial charge in [0.15, 0.2) is 16.6 Å². The molecule has 2 heterocycles. The van der Waals surface area contributed by atoms with E-state index in [0.717, 1.165) is 10.2 Å². The molecule has 0 atom stereocenters. The normalized spacial score (nSPS) is 12.1. The number of amides is 1. The third kappa shape index (κ3) is 4.39. The Balaban J connectivity index is 0.00000240. The van der Waals surface area contributed by atoms with E-state index >= 15 is 0 Å². The van der Waals surface area contributed by atoms with Crippen LogP contribution in [-0.2, 0) is 0 Å². The van der Waals surface area contributed by atoms with Crippen molar-refractivity contribution in [3.05, 3.63) is 42.0 Å². The van der Waals surface area contributed by atoms with Crippen LogP contribution in [0.1, 0.15) is 10.4 Å². The highest BCUT2D eigenvalue weighted by atomic mass is 35.5. The molecule has 1 aliphatic rings. The number of hydrogen-bond acceptors (Lipinski definition) is 7. The number of carbonyl (C=O) groups excluding carboxylic acids is 1. The standard InChI is InChI=1S/C20H21N3O4S.ClH/c1-22(2)7-8-23(19(24)13-5-4-6-14(9-13)25-3)20-21-15-10-16-17(27-12-26-16)11-18(15)28-20;/h4-6,9-11H,7-8,12H2,1-3H3;1H. The van der Waals surface area contributed by atoms with E-state index in [2.05, 4.69) is 0 Å². The van der Waals surface area contributed by atoms with E-state index in [-0.39, 0.29) is 25.1 Å². The number of aromatic nitrogens is 1. The fraction of sp³-hybridized carbons (Fsp3) is 0.300. The quantitative estimate of drug-likeness (QED) is 0.588. The summed E-state index contributed by atoms with van der Waals surface area (Å²) in [6.45, 7) is 1.46. The number of likely N-dealkylation sites (N-methyl/N-ethyl adjacent to an activating group) is 1. The minimum absolute atomic E-state index is 0. The first-order chi connectivity index (χ1) is 13.5. The van der Waals surface area contributed by atoms with Gasteiger partial charge in [-0.2, -0.15) is 0 Å². The van der Waals surface area contributed by atoms with E-state index in [1.165, 1.54) is 11.3 Å². The minimum Gasteiger partial charge on any atom is -0.497 e. The maximum atomic E-state index is 13.3. The zero-order chi connectivity index (χ0) is 19.7. The Morgan fingerprint density at radius 1 is 1.17 bits per heavy atom. The van der Waals surface area contributed by atoms with E-state index in [1.54, 1.807) is 24.1 Å². The molecule has 0 unspecified atom stereocenters. The van der Waals surface area contributed by atoms with Crippen LogP contribution in [0, 0.1) is 0 Å². The summed E-state index contributed by atoms with van der Waals surface area (Å²) in [5.74, 6) is 1.93. The zero-order valence-electron chi connectivity index (χ0n) is 16.4. The van der Waals surface area contributed by atoms with Gasteiger partial charge in [0.2, 0.25) is 6.79 Å². The zero-order valence-corrected chi connectivity index (χ0v) is 18.0. The van der Waals surface area contributed by atoms with Gasteiger partial charge in [-0.1, -0.05) is 17.4 Å². The molecule has 2 aromatic carbocycles. The van der Waals surface area contributed by atoms with Crippen molar-refractivity contribution in [2.45, 2.75) is 0 Å². The van der Waals surface area contributed by atoms with Gasteiger partial charge >= 0.3 is 0 Å². The van der Waals surface area contributed by atoms with Crippen molar-refractivity contribution < 1.29 is 19.0 Å². The molecule has 1 amide bonds. The molecule has 29 heavy (non-hydrogen) atoms. The number of hydrogen-bond donors (Lipinski definition) is 0. The highest BCUT2D eigenvalue weighted by Crippen LogP contribution is 2.40. The number of thiazole rings is 1. The Morgan fingerprint density at radius 2 is 1.93 bits per heavy atom. The van der Waals surface area contributed by atoms with E-state index in [9.17, 15) is 4.79 Å². The minimum atomic E-state index is -0.111. The van der Waals surface area contributed by atoms with Crippen LogP contribution in [0.5, 0.6) is 17.2 Å². The van der Waals surface area contributed by atoms with Gasteiger partial charge < -0.3 is 19.1 Å². The van der Waals surface area contributed by atoms with Crippen LogP contribution >= 0.6 is 23.7 Å². The van der Waals surface area contributed by atoms with Crippen LogP contribution < -0.4 is 19.1 Å². The third-order valence-corrected chi connectivity index (χ3v) is 5.48. The van der Waals surface area contributed by atoms with Crippen LogP contribution in [0.15, 0.2) is 36.4 Å². The average Bonchev–Trinajstić information content (AvgIpc) is 3.31. The van der Waals surface area contributed by atoms with Crippen LogP contribution in [0.25, 0.3) is 10.2 Å². The van der Waals surface area contributed by atoms with Gasteiger partial charge in [-0.05, 0) is 32.3 Å². The molecule has 0 bridgehead atoms. The molecule has 0 saturated heterocycles. The first-order valence-electron chi connectivity index (χ1n) is 8.86. The van der Waals surface area contributed by atoms with Gasteiger partial charge in [0, 0.05) is 30.8 Å². The number of methoxy groups -OCH3 is 1. The third-order valence-electron chi connectivity index (χ3n) is 4.44. The van der Waals surface area contributed by atoms with Crippen molar-refractivity contribution in [3.8, 4) is 17.2 Å². The van der Waals surface area contributed by atoms with Gasteiger partial charge in [0.25, 0.3) is 5.91 Å². The van der Waals surface area contributed by atoms with Gasteiger partial charge in [0.1, 0.15) is 5.75 Å². The lowest BCUT2D eigenvalue weighted by Gasteiger charge is -2.22. The molecule has 9 heteroatoms. The fourth-order valence-electron chi connectivity index (χ4n) is 2.92. The highest BCUT2D eigenvalue weighted by molar-refractivity contribution is 7.22. The van der Waals surface area contributed by atoms with Crippen molar-refractivity contribution in [3.63, 3.8) is 0 Å². The molecule has 0 saturated carbocycles. The topological polar surface area (TPSA) is 64.1 Å². The van der Waals surface area contributed by atoms with Crippen molar-refractivity contribution in [2.75, 3.05) is 46.0 Å². The lowest BCUT2D eigenvalue weighted by molar-refractivity contribution is 0.0985. The van der Waals surface area contributed by atoms with Crippen molar-refractivity contribution in [1.82, 2.24) is 9.88 Å². The van der Waals surface area contributed by atoms with Crippen LogP contribution in [0.4, 0.5) is 5.13 Å². The van der Waals surface area contributed by atoms with Crippen molar-refractivity contribution >= 4 is 45.0 Å². The number of ether oxygens (including phenoxy) is 3. The molecule has 0 fully saturated rings. The summed E-state index contributed by atoms with van der Waals surface area (Å²) in [4.78, 5) is 21.7. The monoisotopic (exact) mass is 435 g/mol. The Morgan fingerprint density at radius 3 is 2.66 bits per heavy atom. The molecule has 0 aliphatic carbocycles. The number of halogens is 1. The number of carbonyl (C=O) groups is 1. The Kier molecular flexibility index (Phi) is 6.46. The summed E-state index contributed by atoms with van der Waals surface area (Å²) < 4.78 is 17.1.